The molecule has 0 unspecified atom stereocenters. The van der Waals surface area contributed by atoms with Gasteiger partial charge < -0.3 is 15.2 Å². The van der Waals surface area contributed by atoms with E-state index in [2.05, 4.69) is 0 Å². The van der Waals surface area contributed by atoms with E-state index in [1.165, 1.54) is 19.2 Å². The molecule has 1 aromatic carbocycles. The average molecular weight is 224 g/mol. The zero-order chi connectivity index (χ0) is 11.7. The minimum Gasteiger partial charge on any atom is -0.493 e. The Labute approximate surface area is 92.1 Å². The number of nitrogens with zero attached hydrogens (tertiary/aromatic N) is 1. The highest BCUT2D eigenvalue weighted by Gasteiger charge is 2.25. The highest BCUT2D eigenvalue weighted by Crippen LogP contribution is 2.41. The van der Waals surface area contributed by atoms with Gasteiger partial charge in [-0.1, -0.05) is 0 Å². The summed E-state index contributed by atoms with van der Waals surface area (Å²) in [5, 5.41) is 10.7. The monoisotopic (exact) mass is 224 g/mol. The molecule has 2 N–H and O–H groups in total. The van der Waals surface area contributed by atoms with Crippen LogP contribution in [0, 0.1) is 10.1 Å². The number of fused-ring (bicyclic) bond motifs is 1. The second-order valence-corrected chi connectivity index (χ2v) is 3.57. The van der Waals surface area contributed by atoms with Crippen molar-refractivity contribution in [2.75, 3.05) is 13.7 Å². The van der Waals surface area contributed by atoms with Crippen molar-refractivity contribution in [1.29, 1.82) is 0 Å². The smallest absolute Gasteiger partial charge is 0.273 e. The molecular formula is C10H12N2O4. The maximum atomic E-state index is 10.7. The Kier molecular flexibility index (Phi) is 2.66. The van der Waals surface area contributed by atoms with E-state index in [0.29, 0.717) is 30.1 Å². The molecule has 1 aliphatic heterocycles. The van der Waals surface area contributed by atoms with E-state index in [9.17, 15) is 10.1 Å². The summed E-state index contributed by atoms with van der Waals surface area (Å²) >= 11 is 0. The Morgan fingerprint density at radius 2 is 2.38 bits per heavy atom. The Bertz CT molecular complexity index is 433. The molecule has 86 valence electrons. The summed E-state index contributed by atoms with van der Waals surface area (Å²) in [5.74, 6) is 0.881. The molecule has 6 heteroatoms. The van der Waals surface area contributed by atoms with Gasteiger partial charge >= 0.3 is 0 Å². The number of nitrogens with two attached hydrogens (primary N) is 1. The number of benzene rings is 1. The minimum absolute atomic E-state index is 0.0310. The zero-order valence-corrected chi connectivity index (χ0v) is 8.80. The lowest BCUT2D eigenvalue weighted by Crippen LogP contribution is -2.21. The number of hydrogen-bond donors (Lipinski definition) is 1. The Morgan fingerprint density at radius 1 is 1.62 bits per heavy atom. The molecule has 0 saturated heterocycles. The van der Waals surface area contributed by atoms with Gasteiger partial charge in [-0.2, -0.15) is 0 Å². The van der Waals surface area contributed by atoms with E-state index < -0.39 is 4.92 Å². The van der Waals surface area contributed by atoms with Gasteiger partial charge in [0.15, 0.2) is 11.5 Å². The molecule has 0 saturated carbocycles. The second kappa shape index (κ2) is 3.97. The Balaban J connectivity index is 2.58. The van der Waals surface area contributed by atoms with Crippen LogP contribution in [0.15, 0.2) is 12.1 Å². The predicted molar refractivity (Wildman–Crippen MR) is 56.7 cm³/mol. The number of rotatable bonds is 2. The van der Waals surface area contributed by atoms with Crippen molar-refractivity contribution >= 4 is 5.69 Å². The summed E-state index contributed by atoms with van der Waals surface area (Å²) in [4.78, 5) is 10.3. The first-order chi connectivity index (χ1) is 7.63. The second-order valence-electron chi connectivity index (χ2n) is 3.57. The standard InChI is InChI=1S/C10H12N2O4/c1-15-9-5-6(12(13)14)4-7-8(11)2-3-16-10(7)9/h4-5,8H,2-3,11H2,1H3/t8-/m0/s1. The van der Waals surface area contributed by atoms with Gasteiger partial charge in [0, 0.05) is 24.1 Å². The molecule has 0 bridgehead atoms. The van der Waals surface area contributed by atoms with Crippen molar-refractivity contribution < 1.29 is 14.4 Å². The van der Waals surface area contributed by atoms with Crippen LogP contribution >= 0.6 is 0 Å². The number of methoxy groups -OCH3 is 1. The van der Waals surface area contributed by atoms with E-state index in [-0.39, 0.29) is 11.7 Å². The molecule has 1 aromatic rings. The number of ether oxygens (including phenoxy) is 2. The maximum absolute atomic E-state index is 10.7. The average Bonchev–Trinajstić information content (AvgIpc) is 2.28. The lowest BCUT2D eigenvalue weighted by atomic mass is 10.0. The van der Waals surface area contributed by atoms with Crippen molar-refractivity contribution in [3.05, 3.63) is 27.8 Å². The number of nitro benzene ring substituents is 1. The van der Waals surface area contributed by atoms with Crippen LogP contribution in [-0.4, -0.2) is 18.6 Å². The molecule has 6 nitrogen and oxygen atoms in total. The minimum atomic E-state index is -0.468. The van der Waals surface area contributed by atoms with E-state index >= 15 is 0 Å². The topological polar surface area (TPSA) is 87.6 Å². The van der Waals surface area contributed by atoms with Crippen LogP contribution in [0.3, 0.4) is 0 Å². The van der Waals surface area contributed by atoms with Crippen molar-refractivity contribution in [2.45, 2.75) is 12.5 Å². The molecular weight excluding hydrogens is 212 g/mol. The molecule has 0 fully saturated rings. The van der Waals surface area contributed by atoms with E-state index in [1.807, 2.05) is 0 Å². The van der Waals surface area contributed by atoms with Crippen LogP contribution in [0.5, 0.6) is 11.5 Å². The molecule has 0 spiro atoms. The fourth-order valence-corrected chi connectivity index (χ4v) is 1.74. The first kappa shape index (κ1) is 10.7. The van der Waals surface area contributed by atoms with E-state index in [1.54, 1.807) is 0 Å². The molecule has 1 aliphatic rings. The third-order valence-corrected chi connectivity index (χ3v) is 2.57. The van der Waals surface area contributed by atoms with Gasteiger partial charge in [0.1, 0.15) is 0 Å². The lowest BCUT2D eigenvalue weighted by molar-refractivity contribution is -0.385. The van der Waals surface area contributed by atoms with Gasteiger partial charge in [-0.25, -0.2) is 0 Å². The fourth-order valence-electron chi connectivity index (χ4n) is 1.74. The van der Waals surface area contributed by atoms with Crippen molar-refractivity contribution in [2.24, 2.45) is 5.73 Å². The van der Waals surface area contributed by atoms with Crippen LogP contribution in [0.4, 0.5) is 5.69 Å². The Hall–Kier alpha value is -1.82. The summed E-state index contributed by atoms with van der Waals surface area (Å²) in [6.07, 6.45) is 0.650. The summed E-state index contributed by atoms with van der Waals surface area (Å²) in [6.45, 7) is 0.502. The van der Waals surface area contributed by atoms with Crippen molar-refractivity contribution in [3.8, 4) is 11.5 Å². The van der Waals surface area contributed by atoms with Gasteiger partial charge in [0.2, 0.25) is 0 Å². The number of nitro groups is 1. The zero-order valence-electron chi connectivity index (χ0n) is 8.80. The van der Waals surface area contributed by atoms with Crippen LogP contribution in [0.2, 0.25) is 0 Å². The van der Waals surface area contributed by atoms with Crippen LogP contribution in [-0.2, 0) is 0 Å². The predicted octanol–water partition coefficient (Wildman–Crippen LogP) is 1.39. The molecule has 0 radical (unpaired) electrons. The van der Waals surface area contributed by atoms with Gasteiger partial charge in [-0.3, -0.25) is 10.1 Å². The molecule has 0 aliphatic carbocycles. The summed E-state index contributed by atoms with van der Waals surface area (Å²) in [7, 11) is 1.45. The Morgan fingerprint density at radius 3 is 3.00 bits per heavy atom. The first-order valence-electron chi connectivity index (χ1n) is 4.88. The maximum Gasteiger partial charge on any atom is 0.273 e. The largest absolute Gasteiger partial charge is 0.493 e. The molecule has 2 rings (SSSR count). The van der Waals surface area contributed by atoms with Crippen molar-refractivity contribution in [3.63, 3.8) is 0 Å². The molecule has 1 atom stereocenters. The van der Waals surface area contributed by atoms with Crippen LogP contribution in [0.1, 0.15) is 18.0 Å². The number of hydrogen-bond acceptors (Lipinski definition) is 5. The summed E-state index contributed by atoms with van der Waals surface area (Å²) in [6, 6.07) is 2.55. The third kappa shape index (κ3) is 1.67. The van der Waals surface area contributed by atoms with Gasteiger partial charge in [-0.05, 0) is 0 Å². The quantitative estimate of drug-likeness (QED) is 0.605. The van der Waals surface area contributed by atoms with Gasteiger partial charge in [0.25, 0.3) is 5.69 Å². The molecule has 16 heavy (non-hydrogen) atoms. The summed E-state index contributed by atoms with van der Waals surface area (Å²) in [5.41, 5.74) is 6.49. The van der Waals surface area contributed by atoms with Crippen LogP contribution < -0.4 is 15.2 Å². The van der Waals surface area contributed by atoms with E-state index in [4.69, 9.17) is 15.2 Å². The lowest BCUT2D eigenvalue weighted by Gasteiger charge is -2.24. The fraction of sp³-hybridized carbons (Fsp3) is 0.400. The summed E-state index contributed by atoms with van der Waals surface area (Å²) < 4.78 is 10.5. The highest BCUT2D eigenvalue weighted by molar-refractivity contribution is 5.56. The highest BCUT2D eigenvalue weighted by atomic mass is 16.6. The van der Waals surface area contributed by atoms with Gasteiger partial charge in [-0.15, -0.1) is 0 Å². The molecule has 0 aromatic heterocycles. The number of non-ortho nitro benzene ring substituents is 1. The molecule has 0 amide bonds. The SMILES string of the molecule is COc1cc([N+](=O)[O-])cc2c1OCC[C@@H]2N. The third-order valence-electron chi connectivity index (χ3n) is 2.57. The molecule has 1 heterocycles. The normalized spacial score (nSPS) is 18.5. The van der Waals surface area contributed by atoms with Crippen LogP contribution in [0.25, 0.3) is 0 Å². The van der Waals surface area contributed by atoms with Gasteiger partial charge in [0.05, 0.1) is 24.7 Å². The van der Waals surface area contributed by atoms with E-state index in [0.717, 1.165) is 0 Å². The first-order valence-corrected chi connectivity index (χ1v) is 4.88. The van der Waals surface area contributed by atoms with Crippen molar-refractivity contribution in [1.82, 2.24) is 0 Å².